The highest BCUT2D eigenvalue weighted by Gasteiger charge is 2.36. The van der Waals surface area contributed by atoms with Gasteiger partial charge < -0.3 is 31.1 Å². The number of nitrogens with one attached hydrogen (secondary N) is 2. The number of carbonyl (C=O) groups is 1. The number of urea groups is 1. The summed E-state index contributed by atoms with van der Waals surface area (Å²) in [6, 6.07) is -0.940. The Morgan fingerprint density at radius 2 is 2.25 bits per heavy atom. The van der Waals surface area contributed by atoms with Crippen LogP contribution in [0.3, 0.4) is 0 Å². The summed E-state index contributed by atoms with van der Waals surface area (Å²) in [5.41, 5.74) is 5.96. The van der Waals surface area contributed by atoms with Crippen molar-refractivity contribution in [1.82, 2.24) is 15.0 Å². The number of anilines is 1. The number of aliphatic imine (C=N–C) groups is 1. The lowest BCUT2D eigenvalue weighted by atomic mass is 10.2. The largest absolute Gasteiger partial charge is 0.394 e. The summed E-state index contributed by atoms with van der Waals surface area (Å²) in [7, 11) is 0. The molecule has 1 aromatic rings. The quantitative estimate of drug-likeness (QED) is 0.238. The van der Waals surface area contributed by atoms with Crippen molar-refractivity contribution in [2.24, 2.45) is 10.7 Å². The van der Waals surface area contributed by atoms with E-state index in [0.717, 1.165) is 0 Å². The van der Waals surface area contributed by atoms with Gasteiger partial charge in [-0.15, -0.1) is 0 Å². The molecule has 4 atom stereocenters. The van der Waals surface area contributed by atoms with Crippen molar-refractivity contribution in [2.45, 2.75) is 31.0 Å². The van der Waals surface area contributed by atoms with Crippen molar-refractivity contribution < 1.29 is 30.1 Å². The second-order valence-corrected chi connectivity index (χ2v) is 5.13. The molecule has 0 saturated carbocycles. The Hall–Kier alpha value is -2.25. The number of rotatable bonds is 2. The van der Waals surface area contributed by atoms with Crippen LogP contribution in [0.15, 0.2) is 11.3 Å². The van der Waals surface area contributed by atoms with Crippen LogP contribution in [0.1, 0.15) is 24.4 Å². The molecular formula is C12H20N6O6. The molecule has 0 radical (unpaired) electrons. The van der Waals surface area contributed by atoms with Crippen molar-refractivity contribution in [2.75, 3.05) is 18.5 Å². The van der Waals surface area contributed by atoms with Crippen LogP contribution in [0, 0.1) is 0 Å². The first-order chi connectivity index (χ1) is 11.5. The fraction of sp³-hybridized carbons (Fsp3) is 0.583. The van der Waals surface area contributed by atoms with Crippen LogP contribution in [0.2, 0.25) is 0 Å². The van der Waals surface area contributed by atoms with E-state index in [4.69, 9.17) is 15.1 Å². The number of amides is 2. The summed E-state index contributed by atoms with van der Waals surface area (Å²) in [5, 5.41) is 39.1. The Kier molecular flexibility index (Phi) is 6.05. The number of aliphatic hydroxyl groups excluding tert-OH is 3. The highest BCUT2D eigenvalue weighted by molar-refractivity contribution is 5.76. The van der Waals surface area contributed by atoms with Gasteiger partial charge >= 0.3 is 6.03 Å². The number of primary amides is 1. The molecule has 2 aliphatic heterocycles. The molecule has 24 heavy (non-hydrogen) atoms. The first-order valence-electron chi connectivity index (χ1n) is 7.11. The third-order valence-corrected chi connectivity index (χ3v) is 3.51. The minimum atomic E-state index is -0.940. The molecule has 3 rings (SSSR count). The number of carbonyl (C=O) groups excluding carboxylic acids is 1. The molecule has 1 aromatic heterocycles. The maximum atomic E-state index is 9.89. The highest BCUT2D eigenvalue weighted by Crippen LogP contribution is 2.34. The topological polar surface area (TPSA) is 187 Å². The van der Waals surface area contributed by atoms with Gasteiger partial charge in [0.05, 0.1) is 31.9 Å². The van der Waals surface area contributed by atoms with E-state index in [2.05, 4.69) is 21.0 Å². The summed E-state index contributed by atoms with van der Waals surface area (Å²) in [4.78, 5) is 17.4. The Morgan fingerprint density at radius 3 is 2.83 bits per heavy atom. The Morgan fingerprint density at radius 1 is 1.54 bits per heavy atom. The van der Waals surface area contributed by atoms with Crippen LogP contribution in [-0.4, -0.2) is 67.8 Å². The molecule has 1 fully saturated rings. The predicted molar refractivity (Wildman–Crippen MR) is 80.3 cm³/mol. The van der Waals surface area contributed by atoms with E-state index in [9.17, 15) is 15.0 Å². The first-order valence-corrected chi connectivity index (χ1v) is 7.11. The van der Waals surface area contributed by atoms with E-state index in [0.29, 0.717) is 17.9 Å². The van der Waals surface area contributed by atoms with Gasteiger partial charge in [-0.2, -0.15) is 0 Å². The van der Waals surface area contributed by atoms with Crippen LogP contribution < -0.4 is 16.5 Å². The van der Waals surface area contributed by atoms with Gasteiger partial charge in [-0.1, -0.05) is 0 Å². The van der Waals surface area contributed by atoms with Crippen LogP contribution in [0.4, 0.5) is 10.6 Å². The SMILES string of the molecule is NC(=O)NO.OC[C@H]1O[C@@H](n2cnc3c2NC=NC[C@H]3O)C[C@@H]1O. The lowest BCUT2D eigenvalue weighted by Gasteiger charge is -2.16. The number of hydrogen-bond acceptors (Lipinski definition) is 9. The molecule has 0 bridgehead atoms. The Balaban J connectivity index is 0.000000368. The van der Waals surface area contributed by atoms with Crippen molar-refractivity contribution >= 4 is 18.2 Å². The van der Waals surface area contributed by atoms with Gasteiger partial charge in [0.1, 0.15) is 29.9 Å². The van der Waals surface area contributed by atoms with E-state index in [1.54, 1.807) is 10.9 Å². The fourth-order valence-electron chi connectivity index (χ4n) is 2.38. The third kappa shape index (κ3) is 3.98. The predicted octanol–water partition coefficient (Wildman–Crippen LogP) is -1.95. The minimum absolute atomic E-state index is 0.230. The average molecular weight is 344 g/mol. The molecule has 2 aliphatic rings. The van der Waals surface area contributed by atoms with Crippen molar-refractivity contribution in [3.8, 4) is 0 Å². The molecule has 12 nitrogen and oxygen atoms in total. The number of hydrogen-bond donors (Lipinski definition) is 7. The summed E-state index contributed by atoms with van der Waals surface area (Å²) in [6.07, 6.45) is 0.935. The van der Waals surface area contributed by atoms with Gasteiger partial charge in [0, 0.05) is 6.42 Å². The molecule has 0 aliphatic carbocycles. The average Bonchev–Trinajstić information content (AvgIpc) is 3.10. The third-order valence-electron chi connectivity index (χ3n) is 3.51. The van der Waals surface area contributed by atoms with Gasteiger partial charge in [0.15, 0.2) is 0 Å². The van der Waals surface area contributed by atoms with E-state index in [-0.39, 0.29) is 13.2 Å². The van der Waals surface area contributed by atoms with E-state index in [1.165, 1.54) is 11.8 Å². The number of nitrogens with two attached hydrogens (primary N) is 1. The fourth-order valence-corrected chi connectivity index (χ4v) is 2.38. The van der Waals surface area contributed by atoms with Gasteiger partial charge in [0.25, 0.3) is 0 Å². The lowest BCUT2D eigenvalue weighted by molar-refractivity contribution is -0.0437. The smallest absolute Gasteiger partial charge is 0.335 e. The normalized spacial score (nSPS) is 28.2. The number of nitrogens with zero attached hydrogens (tertiary/aromatic N) is 3. The van der Waals surface area contributed by atoms with Crippen LogP contribution in [-0.2, 0) is 4.74 Å². The standard InChI is InChI=1S/C11H16N4O4.CH4N2O2/c16-3-8-6(17)1-9(19-8)15-5-14-10-7(18)2-12-4-13-11(10)15;2-1(4)3-5/h4-9,16-18H,1-3H2,(H,12,13);5H,(H3,2,3,4)/t6-,7+,8+,9+;/m0./s1. The lowest BCUT2D eigenvalue weighted by Crippen LogP contribution is -2.25. The van der Waals surface area contributed by atoms with Crippen LogP contribution >= 0.6 is 0 Å². The van der Waals surface area contributed by atoms with Gasteiger partial charge in [-0.05, 0) is 0 Å². The molecule has 0 unspecified atom stereocenters. The monoisotopic (exact) mass is 344 g/mol. The van der Waals surface area contributed by atoms with E-state index in [1.807, 2.05) is 0 Å². The van der Waals surface area contributed by atoms with Crippen LogP contribution in [0.25, 0.3) is 0 Å². The van der Waals surface area contributed by atoms with Crippen molar-refractivity contribution in [1.29, 1.82) is 0 Å². The number of hydroxylamine groups is 1. The zero-order valence-electron chi connectivity index (χ0n) is 12.6. The summed E-state index contributed by atoms with van der Waals surface area (Å²) < 4.78 is 7.27. The van der Waals surface area contributed by atoms with E-state index < -0.39 is 30.6 Å². The Bertz CT molecular complexity index is 593. The maximum Gasteiger partial charge on any atom is 0.335 e. The summed E-state index contributed by atoms with van der Waals surface area (Å²) >= 11 is 0. The summed E-state index contributed by atoms with van der Waals surface area (Å²) in [5.74, 6) is 0.601. The van der Waals surface area contributed by atoms with Crippen molar-refractivity contribution in [3.63, 3.8) is 0 Å². The summed E-state index contributed by atoms with van der Waals surface area (Å²) in [6.45, 7) is 0.0243. The number of imidazole rings is 1. The number of fused-ring (bicyclic) bond motifs is 1. The number of aliphatic hydroxyl groups is 3. The molecule has 0 aromatic carbocycles. The molecule has 8 N–H and O–H groups in total. The zero-order chi connectivity index (χ0) is 17.7. The maximum absolute atomic E-state index is 9.89. The van der Waals surface area contributed by atoms with Gasteiger partial charge in [-0.25, -0.2) is 15.3 Å². The molecule has 3 heterocycles. The molecule has 2 amide bonds. The Labute approximate surface area is 136 Å². The molecule has 0 spiro atoms. The second kappa shape index (κ2) is 8.03. The molecular weight excluding hydrogens is 324 g/mol. The second-order valence-electron chi connectivity index (χ2n) is 5.13. The van der Waals surface area contributed by atoms with Crippen LogP contribution in [0.5, 0.6) is 0 Å². The zero-order valence-corrected chi connectivity index (χ0v) is 12.6. The van der Waals surface area contributed by atoms with Crippen molar-refractivity contribution in [3.05, 3.63) is 12.0 Å². The molecule has 12 heteroatoms. The van der Waals surface area contributed by atoms with E-state index >= 15 is 0 Å². The number of aromatic nitrogens is 2. The van der Waals surface area contributed by atoms with Gasteiger partial charge in [0.2, 0.25) is 0 Å². The first kappa shape index (κ1) is 18.1. The number of ether oxygens (including phenoxy) is 1. The van der Waals surface area contributed by atoms with Gasteiger partial charge in [-0.3, -0.25) is 14.8 Å². The molecule has 134 valence electrons. The minimum Gasteiger partial charge on any atom is -0.394 e. The highest BCUT2D eigenvalue weighted by atomic mass is 16.5. The molecule has 1 saturated heterocycles.